The fourth-order valence-corrected chi connectivity index (χ4v) is 3.24. The third-order valence-electron chi connectivity index (χ3n) is 4.26. The van der Waals surface area contributed by atoms with Gasteiger partial charge in [-0.25, -0.2) is 4.39 Å². The number of nitrogens with one attached hydrogen (secondary N) is 2. The maximum absolute atomic E-state index is 13.7. The third-order valence-corrected chi connectivity index (χ3v) is 4.26. The Kier molecular flexibility index (Phi) is 2.96. The molecule has 0 saturated carbocycles. The summed E-state index contributed by atoms with van der Waals surface area (Å²) in [6, 6.07) is 14.2. The van der Waals surface area contributed by atoms with Gasteiger partial charge in [0.05, 0.1) is 5.56 Å². The van der Waals surface area contributed by atoms with E-state index >= 15 is 0 Å². The van der Waals surface area contributed by atoms with Crippen LogP contribution in [0.4, 0.5) is 4.39 Å². The molecule has 1 atom stereocenters. The molecule has 0 aliphatic heterocycles. The molecule has 3 nitrogen and oxygen atoms in total. The number of aromatic amines is 1. The SMILES string of the molecule is O=C(NC1Cc2[nH]c3ccccc3c2C1)c1ccccc1F. The number of aromatic nitrogens is 1. The number of benzene rings is 2. The number of para-hydroxylation sites is 1. The van der Waals surface area contributed by atoms with Gasteiger partial charge in [0.2, 0.25) is 0 Å². The number of amides is 1. The van der Waals surface area contributed by atoms with Gasteiger partial charge in [-0.05, 0) is 30.2 Å². The molecule has 4 heteroatoms. The molecule has 1 aromatic heterocycles. The summed E-state index contributed by atoms with van der Waals surface area (Å²) in [7, 11) is 0. The van der Waals surface area contributed by atoms with Crippen LogP contribution in [0.15, 0.2) is 48.5 Å². The van der Waals surface area contributed by atoms with Gasteiger partial charge in [-0.15, -0.1) is 0 Å². The quantitative estimate of drug-likeness (QED) is 0.749. The molecule has 0 saturated heterocycles. The van der Waals surface area contributed by atoms with Crippen LogP contribution in [0.25, 0.3) is 10.9 Å². The fraction of sp³-hybridized carbons (Fsp3) is 0.167. The van der Waals surface area contributed by atoms with E-state index in [9.17, 15) is 9.18 Å². The van der Waals surface area contributed by atoms with Gasteiger partial charge in [0.1, 0.15) is 5.82 Å². The first kappa shape index (κ1) is 13.1. The monoisotopic (exact) mass is 294 g/mol. The minimum absolute atomic E-state index is 0.0120. The largest absolute Gasteiger partial charge is 0.358 e. The predicted octanol–water partition coefficient (Wildman–Crippen LogP) is 3.20. The van der Waals surface area contributed by atoms with Gasteiger partial charge in [0.15, 0.2) is 0 Å². The van der Waals surface area contributed by atoms with Crippen molar-refractivity contribution in [2.45, 2.75) is 18.9 Å². The third kappa shape index (κ3) is 2.08. The van der Waals surface area contributed by atoms with Crippen molar-refractivity contribution in [3.63, 3.8) is 0 Å². The maximum atomic E-state index is 13.7. The summed E-state index contributed by atoms with van der Waals surface area (Å²) in [5.74, 6) is -0.834. The van der Waals surface area contributed by atoms with Crippen LogP contribution in [0, 0.1) is 5.82 Å². The highest BCUT2D eigenvalue weighted by atomic mass is 19.1. The maximum Gasteiger partial charge on any atom is 0.254 e. The van der Waals surface area contributed by atoms with Gasteiger partial charge in [-0.1, -0.05) is 30.3 Å². The second kappa shape index (κ2) is 4.98. The first-order valence-corrected chi connectivity index (χ1v) is 7.36. The molecular formula is C18H15FN2O. The Bertz CT molecular complexity index is 868. The molecule has 1 amide bonds. The van der Waals surface area contributed by atoms with Crippen LogP contribution in [0.1, 0.15) is 21.6 Å². The van der Waals surface area contributed by atoms with Gasteiger partial charge in [-0.3, -0.25) is 4.79 Å². The van der Waals surface area contributed by atoms with E-state index < -0.39 is 5.82 Å². The summed E-state index contributed by atoms with van der Waals surface area (Å²) in [5.41, 5.74) is 3.66. The molecule has 1 heterocycles. The van der Waals surface area contributed by atoms with Gasteiger partial charge in [0, 0.05) is 29.1 Å². The zero-order valence-electron chi connectivity index (χ0n) is 11.9. The molecule has 3 aromatic rings. The van der Waals surface area contributed by atoms with E-state index in [1.807, 2.05) is 12.1 Å². The molecule has 22 heavy (non-hydrogen) atoms. The average molecular weight is 294 g/mol. The van der Waals surface area contributed by atoms with Crippen molar-refractivity contribution in [2.75, 3.05) is 0 Å². The molecule has 0 bridgehead atoms. The minimum Gasteiger partial charge on any atom is -0.358 e. The van der Waals surface area contributed by atoms with E-state index in [1.54, 1.807) is 12.1 Å². The van der Waals surface area contributed by atoms with Crippen LogP contribution in [-0.2, 0) is 12.8 Å². The number of halogens is 1. The van der Waals surface area contributed by atoms with Crippen molar-refractivity contribution in [1.82, 2.24) is 10.3 Å². The van der Waals surface area contributed by atoms with E-state index in [1.165, 1.54) is 28.8 Å². The van der Waals surface area contributed by atoms with E-state index in [0.717, 1.165) is 18.4 Å². The molecule has 0 fully saturated rings. The number of hydrogen-bond acceptors (Lipinski definition) is 1. The van der Waals surface area contributed by atoms with Crippen LogP contribution < -0.4 is 5.32 Å². The second-order valence-corrected chi connectivity index (χ2v) is 5.69. The van der Waals surface area contributed by atoms with Gasteiger partial charge in [-0.2, -0.15) is 0 Å². The predicted molar refractivity (Wildman–Crippen MR) is 83.4 cm³/mol. The zero-order valence-corrected chi connectivity index (χ0v) is 11.9. The van der Waals surface area contributed by atoms with Crippen LogP contribution >= 0.6 is 0 Å². The Hall–Kier alpha value is -2.62. The lowest BCUT2D eigenvalue weighted by atomic mass is 10.1. The topological polar surface area (TPSA) is 44.9 Å². The highest BCUT2D eigenvalue weighted by Gasteiger charge is 2.27. The zero-order chi connectivity index (χ0) is 15.1. The fourth-order valence-electron chi connectivity index (χ4n) is 3.24. The lowest BCUT2D eigenvalue weighted by Gasteiger charge is -2.13. The van der Waals surface area contributed by atoms with Gasteiger partial charge < -0.3 is 10.3 Å². The van der Waals surface area contributed by atoms with Crippen LogP contribution in [0.2, 0.25) is 0 Å². The van der Waals surface area contributed by atoms with E-state index in [4.69, 9.17) is 0 Å². The Balaban J connectivity index is 1.54. The molecule has 2 N–H and O–H groups in total. The normalized spacial score (nSPS) is 16.7. The summed E-state index contributed by atoms with van der Waals surface area (Å²) in [6.45, 7) is 0. The molecule has 0 spiro atoms. The summed E-state index contributed by atoms with van der Waals surface area (Å²) in [6.07, 6.45) is 1.53. The van der Waals surface area contributed by atoms with E-state index in [0.29, 0.717) is 0 Å². The molecule has 110 valence electrons. The van der Waals surface area contributed by atoms with Crippen LogP contribution in [0.3, 0.4) is 0 Å². The minimum atomic E-state index is -0.484. The van der Waals surface area contributed by atoms with Crippen molar-refractivity contribution < 1.29 is 9.18 Å². The number of carbonyl (C=O) groups is 1. The summed E-state index contributed by atoms with van der Waals surface area (Å²) < 4.78 is 13.7. The summed E-state index contributed by atoms with van der Waals surface area (Å²) in [5, 5.41) is 4.14. The van der Waals surface area contributed by atoms with Crippen molar-refractivity contribution in [2.24, 2.45) is 0 Å². The Morgan fingerprint density at radius 2 is 1.86 bits per heavy atom. The molecule has 0 radical (unpaired) electrons. The van der Waals surface area contributed by atoms with Crippen LogP contribution in [0.5, 0.6) is 0 Å². The standard InChI is InChI=1S/C18H15FN2O/c19-15-7-3-1-6-13(15)18(22)20-11-9-14-12-5-2-4-8-16(12)21-17(14)10-11/h1-8,11,21H,9-10H2,(H,20,22). The molecule has 1 aliphatic rings. The highest BCUT2D eigenvalue weighted by Crippen LogP contribution is 2.30. The number of H-pyrrole nitrogens is 1. The molecule has 4 rings (SSSR count). The average Bonchev–Trinajstić information content (AvgIpc) is 3.04. The Morgan fingerprint density at radius 3 is 2.73 bits per heavy atom. The lowest BCUT2D eigenvalue weighted by Crippen LogP contribution is -2.35. The van der Waals surface area contributed by atoms with Crippen molar-refractivity contribution in [3.05, 3.63) is 71.2 Å². The smallest absolute Gasteiger partial charge is 0.254 e. The molecule has 1 aliphatic carbocycles. The number of hydrogen-bond donors (Lipinski definition) is 2. The molecule has 1 unspecified atom stereocenters. The Labute approximate surface area is 127 Å². The van der Waals surface area contributed by atoms with Crippen molar-refractivity contribution >= 4 is 16.8 Å². The first-order chi connectivity index (χ1) is 10.7. The lowest BCUT2D eigenvalue weighted by molar-refractivity contribution is 0.0934. The number of fused-ring (bicyclic) bond motifs is 3. The summed E-state index contributed by atoms with van der Waals surface area (Å²) in [4.78, 5) is 15.6. The van der Waals surface area contributed by atoms with E-state index in [-0.39, 0.29) is 17.5 Å². The summed E-state index contributed by atoms with van der Waals surface area (Å²) >= 11 is 0. The Morgan fingerprint density at radius 1 is 1.09 bits per heavy atom. The van der Waals surface area contributed by atoms with E-state index in [2.05, 4.69) is 22.4 Å². The molecular weight excluding hydrogens is 279 g/mol. The molecule has 2 aromatic carbocycles. The van der Waals surface area contributed by atoms with Crippen molar-refractivity contribution in [1.29, 1.82) is 0 Å². The van der Waals surface area contributed by atoms with Gasteiger partial charge in [0.25, 0.3) is 5.91 Å². The van der Waals surface area contributed by atoms with Crippen molar-refractivity contribution in [3.8, 4) is 0 Å². The highest BCUT2D eigenvalue weighted by molar-refractivity contribution is 5.95. The number of rotatable bonds is 2. The number of carbonyl (C=O) groups excluding carboxylic acids is 1. The second-order valence-electron chi connectivity index (χ2n) is 5.69. The van der Waals surface area contributed by atoms with Gasteiger partial charge >= 0.3 is 0 Å². The first-order valence-electron chi connectivity index (χ1n) is 7.36. The van der Waals surface area contributed by atoms with Crippen LogP contribution in [-0.4, -0.2) is 16.9 Å².